The number of aromatic nitrogens is 5. The second kappa shape index (κ2) is 9.68. The third kappa shape index (κ3) is 4.67. The number of thioether (sulfide) groups is 1. The van der Waals surface area contributed by atoms with Gasteiger partial charge in [0.1, 0.15) is 17.2 Å². The number of methoxy groups -OCH3 is 1. The Morgan fingerprint density at radius 1 is 1.18 bits per heavy atom. The molecule has 0 radical (unpaired) electrons. The van der Waals surface area contributed by atoms with Crippen molar-refractivity contribution in [2.24, 2.45) is 7.05 Å². The number of ether oxygens (including phenoxy) is 1. The minimum Gasteiger partial charge on any atom is -0.497 e. The molecule has 4 aromatic rings. The maximum Gasteiger partial charge on any atom is 0.261 e. The van der Waals surface area contributed by atoms with E-state index in [1.165, 1.54) is 11.8 Å². The summed E-state index contributed by atoms with van der Waals surface area (Å²) in [4.78, 5) is 30.4. The maximum absolute atomic E-state index is 13.1. The minimum atomic E-state index is -0.407. The Morgan fingerprint density at radius 3 is 2.62 bits per heavy atom. The number of anilines is 1. The van der Waals surface area contributed by atoms with E-state index >= 15 is 0 Å². The number of rotatable bonds is 7. The van der Waals surface area contributed by atoms with Gasteiger partial charge in [-0.2, -0.15) is 0 Å². The highest BCUT2D eigenvalue weighted by molar-refractivity contribution is 8.00. The van der Waals surface area contributed by atoms with Crippen molar-refractivity contribution >= 4 is 29.0 Å². The van der Waals surface area contributed by atoms with Gasteiger partial charge in [0.15, 0.2) is 5.16 Å². The molecule has 0 aliphatic rings. The molecule has 1 atom stereocenters. The van der Waals surface area contributed by atoms with Crippen LogP contribution in [0.5, 0.6) is 5.75 Å². The zero-order valence-electron chi connectivity index (χ0n) is 19.7. The second-order valence-electron chi connectivity index (χ2n) is 7.98. The van der Waals surface area contributed by atoms with Gasteiger partial charge in [-0.05, 0) is 56.7 Å². The molecule has 0 spiro atoms. The van der Waals surface area contributed by atoms with Crippen LogP contribution in [0.4, 0.5) is 5.69 Å². The number of aryl methyl sites for hydroxylation is 2. The topological polar surface area (TPSA) is 103 Å². The molecule has 0 aliphatic carbocycles. The summed E-state index contributed by atoms with van der Waals surface area (Å²) in [5.41, 5.74) is 3.40. The van der Waals surface area contributed by atoms with Gasteiger partial charge in [-0.25, -0.2) is 4.98 Å². The van der Waals surface area contributed by atoms with Gasteiger partial charge < -0.3 is 14.6 Å². The number of nitrogens with zero attached hydrogens (tertiary/aromatic N) is 5. The Labute approximate surface area is 201 Å². The molecule has 0 bridgehead atoms. The molecule has 3 aromatic heterocycles. The van der Waals surface area contributed by atoms with Crippen molar-refractivity contribution in [3.63, 3.8) is 0 Å². The van der Waals surface area contributed by atoms with Crippen molar-refractivity contribution in [1.29, 1.82) is 0 Å². The molecule has 4 rings (SSSR count). The number of carbonyl (C=O) groups is 1. The summed E-state index contributed by atoms with van der Waals surface area (Å²) in [5.74, 6) is 1.20. The first-order valence-electron chi connectivity index (χ1n) is 10.8. The van der Waals surface area contributed by atoms with E-state index in [0.29, 0.717) is 40.0 Å². The third-order valence-corrected chi connectivity index (χ3v) is 6.75. The summed E-state index contributed by atoms with van der Waals surface area (Å²) >= 11 is 1.30. The molecule has 0 fully saturated rings. The predicted molar refractivity (Wildman–Crippen MR) is 132 cm³/mol. The van der Waals surface area contributed by atoms with E-state index in [1.807, 2.05) is 44.5 Å². The smallest absolute Gasteiger partial charge is 0.261 e. The molecule has 9 nitrogen and oxygen atoms in total. The number of carbonyl (C=O) groups excluding carboxylic acids is 1. The molecule has 176 valence electrons. The highest BCUT2D eigenvalue weighted by Crippen LogP contribution is 2.24. The van der Waals surface area contributed by atoms with Crippen molar-refractivity contribution in [3.8, 4) is 5.75 Å². The predicted octanol–water partition coefficient (Wildman–Crippen LogP) is 3.16. The summed E-state index contributed by atoms with van der Waals surface area (Å²) in [5, 5.41) is 11.6. The van der Waals surface area contributed by atoms with Gasteiger partial charge in [-0.3, -0.25) is 14.0 Å². The molecule has 1 unspecified atom stereocenters. The van der Waals surface area contributed by atoms with Gasteiger partial charge in [0, 0.05) is 36.6 Å². The fourth-order valence-corrected chi connectivity index (χ4v) is 4.37. The lowest BCUT2D eigenvalue weighted by atomic mass is 10.1. The lowest BCUT2D eigenvalue weighted by Crippen LogP contribution is -2.23. The van der Waals surface area contributed by atoms with Crippen LogP contribution >= 0.6 is 11.8 Å². The van der Waals surface area contributed by atoms with Crippen molar-refractivity contribution in [3.05, 3.63) is 75.6 Å². The standard InChI is InChI=1S/C24H26N6O3S/c1-14-7-6-12-30-21(14)25-15(2)19(23(30)32)13-20-27-28-24(29(20)4)34-16(3)22(31)26-17-8-10-18(33-5)11-9-17/h6-12,16H,13H2,1-5H3,(H,26,31). The zero-order chi connectivity index (χ0) is 24.4. The molecular weight excluding hydrogens is 452 g/mol. The molecule has 0 saturated heterocycles. The fourth-order valence-electron chi connectivity index (χ4n) is 3.53. The Hall–Kier alpha value is -3.66. The summed E-state index contributed by atoms with van der Waals surface area (Å²) in [6, 6.07) is 10.9. The highest BCUT2D eigenvalue weighted by Gasteiger charge is 2.21. The van der Waals surface area contributed by atoms with Crippen molar-refractivity contribution in [1.82, 2.24) is 24.1 Å². The summed E-state index contributed by atoms with van der Waals surface area (Å²) in [6.45, 7) is 5.57. The third-order valence-electron chi connectivity index (χ3n) is 5.62. The average molecular weight is 479 g/mol. The van der Waals surface area contributed by atoms with E-state index in [2.05, 4.69) is 20.5 Å². The molecular formula is C24H26N6O3S. The molecule has 10 heteroatoms. The Bertz CT molecular complexity index is 1410. The van der Waals surface area contributed by atoms with Crippen LogP contribution in [0.15, 0.2) is 52.5 Å². The Morgan fingerprint density at radius 2 is 1.91 bits per heavy atom. The van der Waals surface area contributed by atoms with E-state index < -0.39 is 5.25 Å². The maximum atomic E-state index is 13.1. The number of pyridine rings is 1. The van der Waals surface area contributed by atoms with Gasteiger partial charge in [0.2, 0.25) is 5.91 Å². The van der Waals surface area contributed by atoms with Crippen LogP contribution in [-0.2, 0) is 18.3 Å². The molecule has 1 aromatic carbocycles. The SMILES string of the molecule is COc1ccc(NC(=O)C(C)Sc2nnc(Cc3c(C)nc4c(C)cccn4c3=O)n2C)cc1. The monoisotopic (exact) mass is 478 g/mol. The number of fused-ring (bicyclic) bond motifs is 1. The first kappa shape index (κ1) is 23.5. The van der Waals surface area contributed by atoms with Crippen LogP contribution in [0.25, 0.3) is 5.65 Å². The largest absolute Gasteiger partial charge is 0.497 e. The summed E-state index contributed by atoms with van der Waals surface area (Å²) in [7, 11) is 3.42. The number of hydrogen-bond acceptors (Lipinski definition) is 7. The number of nitrogens with one attached hydrogen (secondary N) is 1. The molecule has 0 saturated carbocycles. The first-order chi connectivity index (χ1) is 16.3. The number of amides is 1. The van der Waals surface area contributed by atoms with Crippen molar-refractivity contribution < 1.29 is 9.53 Å². The van der Waals surface area contributed by atoms with E-state index in [9.17, 15) is 9.59 Å². The summed E-state index contributed by atoms with van der Waals surface area (Å²) in [6.07, 6.45) is 2.02. The Balaban J connectivity index is 1.50. The minimum absolute atomic E-state index is 0.115. The van der Waals surface area contributed by atoms with Gasteiger partial charge in [-0.1, -0.05) is 17.8 Å². The van der Waals surface area contributed by atoms with Crippen molar-refractivity contribution in [2.45, 2.75) is 37.6 Å². The van der Waals surface area contributed by atoms with Crippen LogP contribution in [0, 0.1) is 13.8 Å². The van der Waals surface area contributed by atoms with Crippen molar-refractivity contribution in [2.75, 3.05) is 12.4 Å². The molecule has 3 heterocycles. The Kier molecular flexibility index (Phi) is 6.69. The molecule has 1 N–H and O–H groups in total. The van der Waals surface area contributed by atoms with Crippen LogP contribution in [0.3, 0.4) is 0 Å². The lowest BCUT2D eigenvalue weighted by Gasteiger charge is -2.12. The van der Waals surface area contributed by atoms with Crippen LogP contribution < -0.4 is 15.6 Å². The lowest BCUT2D eigenvalue weighted by molar-refractivity contribution is -0.115. The molecule has 0 aliphatic heterocycles. The second-order valence-corrected chi connectivity index (χ2v) is 9.29. The van der Waals surface area contributed by atoms with E-state index in [-0.39, 0.29) is 11.5 Å². The fraction of sp³-hybridized carbons (Fsp3) is 0.292. The van der Waals surface area contributed by atoms with E-state index in [4.69, 9.17) is 4.74 Å². The summed E-state index contributed by atoms with van der Waals surface area (Å²) < 4.78 is 8.52. The van der Waals surface area contributed by atoms with Crippen LogP contribution in [-0.4, -0.2) is 42.4 Å². The molecule has 1 amide bonds. The normalized spacial score (nSPS) is 12.0. The average Bonchev–Trinajstić information content (AvgIpc) is 3.16. The highest BCUT2D eigenvalue weighted by atomic mass is 32.2. The zero-order valence-corrected chi connectivity index (χ0v) is 20.5. The van der Waals surface area contributed by atoms with Gasteiger partial charge >= 0.3 is 0 Å². The quantitative estimate of drug-likeness (QED) is 0.407. The van der Waals surface area contributed by atoms with Gasteiger partial charge in [-0.15, -0.1) is 10.2 Å². The van der Waals surface area contributed by atoms with Gasteiger partial charge in [0.25, 0.3) is 5.56 Å². The van der Waals surface area contributed by atoms with Crippen LogP contribution in [0.1, 0.15) is 29.6 Å². The molecule has 34 heavy (non-hydrogen) atoms. The van der Waals surface area contributed by atoms with Crippen LogP contribution in [0.2, 0.25) is 0 Å². The van der Waals surface area contributed by atoms with E-state index in [1.54, 1.807) is 42.0 Å². The number of hydrogen-bond donors (Lipinski definition) is 1. The van der Waals surface area contributed by atoms with Gasteiger partial charge in [0.05, 0.1) is 12.4 Å². The number of benzene rings is 1. The first-order valence-corrected chi connectivity index (χ1v) is 11.6. The van der Waals surface area contributed by atoms with E-state index in [0.717, 1.165) is 11.3 Å².